The molecule has 3 heterocycles. The molecule has 0 aliphatic carbocycles. The zero-order valence-electron chi connectivity index (χ0n) is 15.8. The van der Waals surface area contributed by atoms with Gasteiger partial charge in [-0.1, -0.05) is 0 Å². The summed E-state index contributed by atoms with van der Waals surface area (Å²) in [5.41, 5.74) is 1.64. The number of nitrogens with zero attached hydrogens (tertiary/aromatic N) is 4. The van der Waals surface area contributed by atoms with Gasteiger partial charge in [0.15, 0.2) is 0 Å². The number of ether oxygens (including phenoxy) is 1. The Morgan fingerprint density at radius 3 is 2.93 bits per heavy atom. The first-order chi connectivity index (χ1) is 13.5. The number of hydrogen-bond donors (Lipinski definition) is 2. The van der Waals surface area contributed by atoms with Crippen molar-refractivity contribution in [2.24, 2.45) is 0 Å². The van der Waals surface area contributed by atoms with Gasteiger partial charge in [0.25, 0.3) is 0 Å². The molecule has 3 rings (SSSR count). The lowest BCUT2D eigenvalue weighted by molar-refractivity contribution is -0.120. The molecule has 0 saturated heterocycles. The van der Waals surface area contributed by atoms with Gasteiger partial charge in [-0.15, -0.1) is 11.3 Å². The molecule has 1 amide bonds. The van der Waals surface area contributed by atoms with Crippen molar-refractivity contribution in [1.29, 1.82) is 5.26 Å². The van der Waals surface area contributed by atoms with Gasteiger partial charge in [0.05, 0.1) is 24.0 Å². The predicted molar refractivity (Wildman–Crippen MR) is 108 cm³/mol. The molecule has 28 heavy (non-hydrogen) atoms. The Morgan fingerprint density at radius 1 is 1.36 bits per heavy atom. The van der Waals surface area contributed by atoms with Crippen molar-refractivity contribution >= 4 is 39.0 Å². The highest BCUT2D eigenvalue weighted by Gasteiger charge is 2.18. The Labute approximate surface area is 166 Å². The second-order valence-electron chi connectivity index (χ2n) is 6.31. The van der Waals surface area contributed by atoms with Crippen LogP contribution in [0.25, 0.3) is 10.2 Å². The summed E-state index contributed by atoms with van der Waals surface area (Å²) in [5, 5.41) is 15.3. The van der Waals surface area contributed by atoms with Crippen LogP contribution in [-0.4, -0.2) is 33.5 Å². The number of nitrogens with one attached hydrogen (secondary N) is 2. The minimum Gasteiger partial charge on any atom is -0.473 e. The van der Waals surface area contributed by atoms with Crippen LogP contribution in [0.1, 0.15) is 24.3 Å². The van der Waals surface area contributed by atoms with Crippen molar-refractivity contribution in [2.45, 2.75) is 33.3 Å². The average Bonchev–Trinajstić information content (AvgIpc) is 2.98. The summed E-state index contributed by atoms with van der Waals surface area (Å²) >= 11 is 1.44. The van der Waals surface area contributed by atoms with Crippen LogP contribution < -0.4 is 15.4 Å². The van der Waals surface area contributed by atoms with Crippen molar-refractivity contribution in [1.82, 2.24) is 20.3 Å². The number of carbonyl (C=O) groups is 1. The second kappa shape index (κ2) is 8.63. The number of nitriles is 1. The number of rotatable bonds is 7. The molecule has 0 aromatic carbocycles. The third-order valence-corrected chi connectivity index (χ3v) is 5.08. The minimum atomic E-state index is -0.196. The molecule has 0 spiro atoms. The normalized spacial score (nSPS) is 10.7. The van der Waals surface area contributed by atoms with Crippen LogP contribution in [0.4, 0.5) is 11.5 Å². The van der Waals surface area contributed by atoms with Crippen molar-refractivity contribution < 1.29 is 9.53 Å². The summed E-state index contributed by atoms with van der Waals surface area (Å²) in [6.45, 7) is 5.81. The molecule has 144 valence electrons. The van der Waals surface area contributed by atoms with Gasteiger partial charge in [-0.25, -0.2) is 15.0 Å². The summed E-state index contributed by atoms with van der Waals surface area (Å²) in [7, 11) is 0. The van der Waals surface area contributed by atoms with E-state index >= 15 is 0 Å². The number of hydrogen-bond acceptors (Lipinski definition) is 8. The first-order valence-corrected chi connectivity index (χ1v) is 9.56. The molecule has 0 saturated carbocycles. The molecule has 3 aromatic heterocycles. The van der Waals surface area contributed by atoms with Crippen LogP contribution in [0.5, 0.6) is 5.88 Å². The molecule has 0 fully saturated rings. The van der Waals surface area contributed by atoms with E-state index in [2.05, 4.69) is 25.6 Å². The number of aromatic nitrogens is 3. The Bertz CT molecular complexity index is 1040. The number of pyridine rings is 1. The highest BCUT2D eigenvalue weighted by atomic mass is 32.1. The Morgan fingerprint density at radius 2 is 2.18 bits per heavy atom. The third kappa shape index (κ3) is 4.35. The molecule has 0 aliphatic heterocycles. The van der Waals surface area contributed by atoms with Gasteiger partial charge in [-0.05, 0) is 38.5 Å². The van der Waals surface area contributed by atoms with Crippen LogP contribution in [0.15, 0.2) is 24.7 Å². The maximum atomic E-state index is 12.0. The fraction of sp³-hybridized carbons (Fsp3) is 0.316. The average molecular weight is 396 g/mol. The summed E-state index contributed by atoms with van der Waals surface area (Å²) in [4.78, 5) is 26.7. The zero-order valence-corrected chi connectivity index (χ0v) is 16.6. The Hall–Kier alpha value is -3.25. The lowest BCUT2D eigenvalue weighted by atomic mass is 10.1. The molecule has 0 radical (unpaired) electrons. The van der Waals surface area contributed by atoms with Crippen molar-refractivity contribution in [3.05, 3.63) is 35.1 Å². The van der Waals surface area contributed by atoms with E-state index in [1.54, 1.807) is 6.20 Å². The van der Waals surface area contributed by atoms with Crippen LogP contribution in [0, 0.1) is 18.3 Å². The predicted octanol–water partition coefficient (Wildman–Crippen LogP) is 3.11. The van der Waals surface area contributed by atoms with E-state index in [0.29, 0.717) is 17.4 Å². The van der Waals surface area contributed by atoms with E-state index in [1.807, 2.05) is 39.0 Å². The summed E-state index contributed by atoms with van der Waals surface area (Å²) in [6.07, 6.45) is 3.34. The molecule has 0 aliphatic rings. The number of thiophene rings is 1. The van der Waals surface area contributed by atoms with Gasteiger partial charge in [-0.3, -0.25) is 4.79 Å². The van der Waals surface area contributed by atoms with Crippen LogP contribution in [-0.2, 0) is 11.2 Å². The van der Waals surface area contributed by atoms with E-state index in [4.69, 9.17) is 10.00 Å². The number of amides is 1. The smallest absolute Gasteiger partial charge is 0.237 e. The van der Waals surface area contributed by atoms with Crippen molar-refractivity contribution in [3.8, 4) is 11.9 Å². The standard InChI is InChI=1S/C19H20N6O2S/c1-11(2)27-18-13(5-4-7-22-18)25-17-16-12(3)14(9-15(26)21-8-6-20)28-19(16)24-10-23-17/h4-5,7,10-11H,8-9H2,1-3H3,(H,21,26)(H,23,24,25). The van der Waals surface area contributed by atoms with Gasteiger partial charge in [0.2, 0.25) is 11.8 Å². The van der Waals surface area contributed by atoms with Crippen LogP contribution in [0.2, 0.25) is 0 Å². The maximum Gasteiger partial charge on any atom is 0.237 e. The van der Waals surface area contributed by atoms with E-state index in [1.165, 1.54) is 17.7 Å². The SMILES string of the molecule is Cc1c(CC(=O)NCC#N)sc2ncnc(Nc3cccnc3OC(C)C)c12. The van der Waals surface area contributed by atoms with Crippen LogP contribution in [0.3, 0.4) is 0 Å². The van der Waals surface area contributed by atoms with Crippen molar-refractivity contribution in [2.75, 3.05) is 11.9 Å². The number of fused-ring (bicyclic) bond motifs is 1. The monoisotopic (exact) mass is 396 g/mol. The molecule has 0 unspecified atom stereocenters. The molecule has 8 nitrogen and oxygen atoms in total. The van der Waals surface area contributed by atoms with E-state index in [9.17, 15) is 4.79 Å². The minimum absolute atomic E-state index is 0.00494. The fourth-order valence-corrected chi connectivity index (χ4v) is 3.80. The first kappa shape index (κ1) is 19.5. The third-order valence-electron chi connectivity index (χ3n) is 3.88. The van der Waals surface area contributed by atoms with Gasteiger partial charge in [-0.2, -0.15) is 5.26 Å². The lowest BCUT2D eigenvalue weighted by Gasteiger charge is -2.14. The highest BCUT2D eigenvalue weighted by Crippen LogP contribution is 2.36. The summed E-state index contributed by atoms with van der Waals surface area (Å²) in [5.74, 6) is 0.927. The van der Waals surface area contributed by atoms with Crippen LogP contribution >= 0.6 is 11.3 Å². The van der Waals surface area contributed by atoms with E-state index < -0.39 is 0 Å². The van der Waals surface area contributed by atoms with E-state index in [0.717, 1.165) is 20.7 Å². The van der Waals surface area contributed by atoms with Crippen molar-refractivity contribution in [3.63, 3.8) is 0 Å². The van der Waals surface area contributed by atoms with Gasteiger partial charge in [0.1, 0.15) is 29.2 Å². The maximum absolute atomic E-state index is 12.0. The molecule has 0 atom stereocenters. The molecular weight excluding hydrogens is 376 g/mol. The quantitative estimate of drug-likeness (QED) is 0.590. The van der Waals surface area contributed by atoms with Gasteiger partial charge < -0.3 is 15.4 Å². The first-order valence-electron chi connectivity index (χ1n) is 8.75. The summed E-state index contributed by atoms with van der Waals surface area (Å²) in [6, 6.07) is 5.59. The topological polar surface area (TPSA) is 113 Å². The molecule has 9 heteroatoms. The fourth-order valence-electron chi connectivity index (χ4n) is 2.66. The second-order valence-corrected chi connectivity index (χ2v) is 7.40. The Balaban J connectivity index is 1.93. The number of anilines is 2. The number of carbonyl (C=O) groups excluding carboxylic acids is 1. The summed E-state index contributed by atoms with van der Waals surface area (Å²) < 4.78 is 5.76. The van der Waals surface area contributed by atoms with Gasteiger partial charge in [0, 0.05) is 11.1 Å². The zero-order chi connectivity index (χ0) is 20.1. The molecule has 0 bridgehead atoms. The highest BCUT2D eigenvalue weighted by molar-refractivity contribution is 7.19. The molecule has 2 N–H and O–H groups in total. The van der Waals surface area contributed by atoms with Gasteiger partial charge >= 0.3 is 0 Å². The molecular formula is C19H20N6O2S. The molecule has 3 aromatic rings. The van der Waals surface area contributed by atoms with E-state index in [-0.39, 0.29) is 25.0 Å². The lowest BCUT2D eigenvalue weighted by Crippen LogP contribution is -2.25. The Kier molecular flexibility index (Phi) is 6.01. The largest absolute Gasteiger partial charge is 0.473 e. The number of aryl methyl sites for hydroxylation is 1.